The molecule has 0 atom stereocenters. The van der Waals surface area contributed by atoms with E-state index in [-0.39, 0.29) is 5.82 Å². The van der Waals surface area contributed by atoms with Gasteiger partial charge in [-0.1, -0.05) is 23.7 Å². The summed E-state index contributed by atoms with van der Waals surface area (Å²) in [6, 6.07) is 14.2. The van der Waals surface area contributed by atoms with E-state index in [0.29, 0.717) is 5.11 Å². The van der Waals surface area contributed by atoms with Crippen LogP contribution in [0, 0.1) is 5.82 Å². The quantitative estimate of drug-likeness (QED) is 0.830. The number of thiocarbonyl (C=S) groups is 1. The van der Waals surface area contributed by atoms with Crippen molar-refractivity contribution in [3.63, 3.8) is 0 Å². The summed E-state index contributed by atoms with van der Waals surface area (Å²) in [5.74, 6) is -0.249. The first-order valence-electron chi connectivity index (χ1n) is 7.88. The summed E-state index contributed by atoms with van der Waals surface area (Å²) in [5.41, 5.74) is 2.03. The average molecular weight is 364 g/mol. The Morgan fingerprint density at radius 1 is 1.08 bits per heavy atom. The van der Waals surface area contributed by atoms with Crippen molar-refractivity contribution in [3.8, 4) is 0 Å². The van der Waals surface area contributed by atoms with Gasteiger partial charge in [-0.05, 0) is 54.2 Å². The lowest BCUT2D eigenvalue weighted by molar-refractivity contribution is 0.177. The maximum atomic E-state index is 12.9. The van der Waals surface area contributed by atoms with Crippen LogP contribution in [-0.4, -0.2) is 41.1 Å². The Kier molecular flexibility index (Phi) is 5.66. The van der Waals surface area contributed by atoms with Crippen LogP contribution < -0.4 is 5.32 Å². The zero-order valence-corrected chi connectivity index (χ0v) is 14.8. The molecule has 1 fully saturated rings. The van der Waals surface area contributed by atoms with E-state index in [1.807, 2.05) is 18.2 Å². The van der Waals surface area contributed by atoms with Gasteiger partial charge in [0.15, 0.2) is 5.11 Å². The maximum Gasteiger partial charge on any atom is 0.173 e. The number of piperazine rings is 1. The molecule has 2 aromatic carbocycles. The highest BCUT2D eigenvalue weighted by Crippen LogP contribution is 2.15. The third-order valence-electron chi connectivity index (χ3n) is 4.05. The van der Waals surface area contributed by atoms with Crippen LogP contribution in [0.25, 0.3) is 0 Å². The minimum atomic E-state index is -0.249. The molecular weight excluding hydrogens is 345 g/mol. The first kappa shape index (κ1) is 17.1. The fourth-order valence-electron chi connectivity index (χ4n) is 2.74. The van der Waals surface area contributed by atoms with E-state index in [4.69, 9.17) is 23.8 Å². The fourth-order valence-corrected chi connectivity index (χ4v) is 3.25. The summed E-state index contributed by atoms with van der Waals surface area (Å²) in [7, 11) is 0. The summed E-state index contributed by atoms with van der Waals surface area (Å²) in [6.07, 6.45) is 0. The van der Waals surface area contributed by atoms with Crippen LogP contribution in [0.1, 0.15) is 5.56 Å². The second-order valence-corrected chi connectivity index (χ2v) is 6.65. The Bertz CT molecular complexity index is 700. The Morgan fingerprint density at radius 3 is 2.46 bits per heavy atom. The van der Waals surface area contributed by atoms with Crippen molar-refractivity contribution in [1.82, 2.24) is 9.80 Å². The number of hydrogen-bond acceptors (Lipinski definition) is 2. The molecular formula is C18H19ClFN3S. The molecule has 1 saturated heterocycles. The summed E-state index contributed by atoms with van der Waals surface area (Å²) in [5, 5.41) is 4.62. The Hall–Kier alpha value is -1.69. The van der Waals surface area contributed by atoms with Gasteiger partial charge in [0.25, 0.3) is 0 Å². The molecule has 3 rings (SSSR count). The third kappa shape index (κ3) is 4.66. The Labute approximate surface area is 152 Å². The lowest BCUT2D eigenvalue weighted by Gasteiger charge is -2.36. The van der Waals surface area contributed by atoms with E-state index in [1.54, 1.807) is 12.1 Å². The van der Waals surface area contributed by atoms with E-state index in [2.05, 4.69) is 21.2 Å². The van der Waals surface area contributed by atoms with Gasteiger partial charge >= 0.3 is 0 Å². The van der Waals surface area contributed by atoms with Crippen molar-refractivity contribution < 1.29 is 4.39 Å². The maximum absolute atomic E-state index is 12.9. The predicted molar refractivity (Wildman–Crippen MR) is 101 cm³/mol. The minimum absolute atomic E-state index is 0.249. The third-order valence-corrected chi connectivity index (χ3v) is 4.65. The van der Waals surface area contributed by atoms with Gasteiger partial charge in [-0.15, -0.1) is 0 Å². The highest BCUT2D eigenvalue weighted by atomic mass is 35.5. The van der Waals surface area contributed by atoms with Crippen molar-refractivity contribution in [2.45, 2.75) is 6.54 Å². The molecule has 1 N–H and O–H groups in total. The second kappa shape index (κ2) is 7.92. The van der Waals surface area contributed by atoms with Gasteiger partial charge in [0.05, 0.1) is 0 Å². The highest BCUT2D eigenvalue weighted by molar-refractivity contribution is 7.80. The first-order chi connectivity index (χ1) is 11.6. The van der Waals surface area contributed by atoms with Crippen LogP contribution in [-0.2, 0) is 6.54 Å². The number of halogens is 2. The van der Waals surface area contributed by atoms with Crippen molar-refractivity contribution in [1.29, 1.82) is 0 Å². The molecule has 2 aromatic rings. The van der Waals surface area contributed by atoms with E-state index in [9.17, 15) is 4.39 Å². The van der Waals surface area contributed by atoms with Crippen molar-refractivity contribution in [3.05, 3.63) is 64.9 Å². The lowest BCUT2D eigenvalue weighted by atomic mass is 10.2. The van der Waals surface area contributed by atoms with Crippen LogP contribution >= 0.6 is 23.8 Å². The van der Waals surface area contributed by atoms with E-state index in [0.717, 1.165) is 43.4 Å². The predicted octanol–water partition coefficient (Wildman–Crippen LogP) is 3.99. The number of nitrogens with one attached hydrogen (secondary N) is 1. The van der Waals surface area contributed by atoms with Crippen molar-refractivity contribution in [2.24, 2.45) is 0 Å². The molecule has 0 radical (unpaired) electrons. The first-order valence-corrected chi connectivity index (χ1v) is 8.67. The summed E-state index contributed by atoms with van der Waals surface area (Å²) in [4.78, 5) is 4.54. The monoisotopic (exact) mass is 363 g/mol. The molecule has 126 valence electrons. The number of hydrogen-bond donors (Lipinski definition) is 1. The SMILES string of the molecule is Fc1ccc(NC(=S)N2CCN(Cc3cccc(Cl)c3)CC2)cc1. The second-order valence-electron chi connectivity index (χ2n) is 5.83. The van der Waals surface area contributed by atoms with Crippen molar-refractivity contribution in [2.75, 3.05) is 31.5 Å². The molecule has 1 heterocycles. The van der Waals surface area contributed by atoms with Crippen LogP contribution in [0.3, 0.4) is 0 Å². The van der Waals surface area contributed by atoms with Gasteiger partial charge in [-0.25, -0.2) is 4.39 Å². The highest BCUT2D eigenvalue weighted by Gasteiger charge is 2.19. The van der Waals surface area contributed by atoms with E-state index in [1.165, 1.54) is 17.7 Å². The summed E-state index contributed by atoms with van der Waals surface area (Å²) in [6.45, 7) is 4.52. The fraction of sp³-hybridized carbons (Fsp3) is 0.278. The van der Waals surface area contributed by atoms with Gasteiger partial charge in [0, 0.05) is 43.4 Å². The van der Waals surface area contributed by atoms with Gasteiger partial charge in [0.1, 0.15) is 5.82 Å². The lowest BCUT2D eigenvalue weighted by Crippen LogP contribution is -2.49. The van der Waals surface area contributed by atoms with Crippen molar-refractivity contribution >= 4 is 34.6 Å². The average Bonchev–Trinajstić information content (AvgIpc) is 2.57. The number of benzene rings is 2. The topological polar surface area (TPSA) is 18.5 Å². The van der Waals surface area contributed by atoms with E-state index < -0.39 is 0 Å². The van der Waals surface area contributed by atoms with Crippen LogP contribution in [0.15, 0.2) is 48.5 Å². The van der Waals surface area contributed by atoms with Crippen LogP contribution in [0.2, 0.25) is 5.02 Å². The number of nitrogens with zero attached hydrogens (tertiary/aromatic N) is 2. The van der Waals surface area contributed by atoms with E-state index >= 15 is 0 Å². The molecule has 0 unspecified atom stereocenters. The normalized spacial score (nSPS) is 15.3. The molecule has 1 aliphatic rings. The minimum Gasteiger partial charge on any atom is -0.346 e. The molecule has 0 bridgehead atoms. The zero-order valence-electron chi connectivity index (χ0n) is 13.2. The molecule has 0 aliphatic carbocycles. The Morgan fingerprint density at radius 2 is 1.79 bits per heavy atom. The molecule has 1 aliphatic heterocycles. The zero-order chi connectivity index (χ0) is 16.9. The molecule has 6 heteroatoms. The standard InChI is InChI=1S/C18H19ClFN3S/c19-15-3-1-2-14(12-15)13-22-8-10-23(11-9-22)18(24)21-17-6-4-16(20)5-7-17/h1-7,12H,8-11,13H2,(H,21,24). The Balaban J connectivity index is 1.49. The molecule has 0 aromatic heterocycles. The van der Waals surface area contributed by atoms with Crippen LogP contribution in [0.5, 0.6) is 0 Å². The molecule has 0 amide bonds. The van der Waals surface area contributed by atoms with Gasteiger partial charge in [0.2, 0.25) is 0 Å². The largest absolute Gasteiger partial charge is 0.346 e. The van der Waals surface area contributed by atoms with Gasteiger partial charge < -0.3 is 10.2 Å². The van der Waals surface area contributed by atoms with Gasteiger partial charge in [-0.3, -0.25) is 4.90 Å². The molecule has 3 nitrogen and oxygen atoms in total. The molecule has 0 saturated carbocycles. The van der Waals surface area contributed by atoms with Gasteiger partial charge in [-0.2, -0.15) is 0 Å². The smallest absolute Gasteiger partial charge is 0.173 e. The number of rotatable bonds is 3. The summed E-state index contributed by atoms with van der Waals surface area (Å²) < 4.78 is 12.9. The molecule has 24 heavy (non-hydrogen) atoms. The molecule has 0 spiro atoms. The summed E-state index contributed by atoms with van der Waals surface area (Å²) >= 11 is 11.5. The van der Waals surface area contributed by atoms with Crippen LogP contribution in [0.4, 0.5) is 10.1 Å². The number of anilines is 1.